The normalized spacial score (nSPS) is 17.1. The maximum absolute atomic E-state index is 10.1. The molecule has 1 saturated heterocycles. The summed E-state index contributed by atoms with van der Waals surface area (Å²) in [5.41, 5.74) is 3.30. The SMILES string of the molecule is Cc1cc(Cl)c(O)c(CCN2CCNCC2)c1C. The van der Waals surface area contributed by atoms with Gasteiger partial charge >= 0.3 is 0 Å². The van der Waals surface area contributed by atoms with Crippen LogP contribution in [0.3, 0.4) is 0 Å². The van der Waals surface area contributed by atoms with E-state index in [0.717, 1.165) is 55.8 Å². The molecule has 0 radical (unpaired) electrons. The average Bonchev–Trinajstić information content (AvgIpc) is 2.38. The largest absolute Gasteiger partial charge is 0.506 e. The Morgan fingerprint density at radius 1 is 1.33 bits per heavy atom. The van der Waals surface area contributed by atoms with Gasteiger partial charge in [0.2, 0.25) is 0 Å². The van der Waals surface area contributed by atoms with Crippen LogP contribution < -0.4 is 5.32 Å². The van der Waals surface area contributed by atoms with Crippen LogP contribution in [0, 0.1) is 13.8 Å². The van der Waals surface area contributed by atoms with Crippen LogP contribution in [0.5, 0.6) is 5.75 Å². The Labute approximate surface area is 114 Å². The molecule has 18 heavy (non-hydrogen) atoms. The summed E-state index contributed by atoms with van der Waals surface area (Å²) in [5.74, 6) is 0.259. The molecule has 0 atom stereocenters. The zero-order chi connectivity index (χ0) is 13.1. The van der Waals surface area contributed by atoms with E-state index in [1.807, 2.05) is 13.0 Å². The van der Waals surface area contributed by atoms with Gasteiger partial charge in [-0.2, -0.15) is 0 Å². The molecule has 0 amide bonds. The molecule has 1 aromatic rings. The predicted octanol–water partition coefficient (Wildman–Crippen LogP) is 2.11. The maximum atomic E-state index is 10.1. The molecule has 0 aromatic heterocycles. The van der Waals surface area contributed by atoms with E-state index in [0.29, 0.717) is 5.02 Å². The smallest absolute Gasteiger partial charge is 0.137 e. The number of nitrogens with zero attached hydrogens (tertiary/aromatic N) is 1. The van der Waals surface area contributed by atoms with Crippen LogP contribution >= 0.6 is 11.6 Å². The minimum atomic E-state index is 0.259. The number of hydrogen-bond acceptors (Lipinski definition) is 3. The lowest BCUT2D eigenvalue weighted by atomic mass is 9.99. The van der Waals surface area contributed by atoms with Gasteiger partial charge in [-0.1, -0.05) is 11.6 Å². The third-order valence-electron chi connectivity index (χ3n) is 3.79. The van der Waals surface area contributed by atoms with Gasteiger partial charge in [0, 0.05) is 32.7 Å². The van der Waals surface area contributed by atoms with Crippen molar-refractivity contribution in [2.45, 2.75) is 20.3 Å². The van der Waals surface area contributed by atoms with E-state index in [-0.39, 0.29) is 5.75 Å². The molecule has 2 rings (SSSR count). The zero-order valence-corrected chi connectivity index (χ0v) is 11.8. The topological polar surface area (TPSA) is 35.5 Å². The second kappa shape index (κ2) is 5.91. The average molecular weight is 269 g/mol. The highest BCUT2D eigenvalue weighted by atomic mass is 35.5. The molecule has 1 fully saturated rings. The molecule has 1 aromatic carbocycles. The molecule has 3 nitrogen and oxygen atoms in total. The second-order valence-corrected chi connectivity index (χ2v) is 5.38. The van der Waals surface area contributed by atoms with E-state index >= 15 is 0 Å². The first kappa shape index (κ1) is 13.7. The molecule has 0 aliphatic carbocycles. The first-order chi connectivity index (χ1) is 8.59. The van der Waals surface area contributed by atoms with Crippen molar-refractivity contribution in [3.63, 3.8) is 0 Å². The first-order valence-corrected chi connectivity index (χ1v) is 6.88. The number of aromatic hydroxyl groups is 1. The number of nitrogens with one attached hydrogen (secondary N) is 1. The number of hydrogen-bond donors (Lipinski definition) is 2. The van der Waals surface area contributed by atoms with Gasteiger partial charge in [0.1, 0.15) is 5.75 Å². The standard InChI is InChI=1S/C14H21ClN2O/c1-10-9-13(15)14(18)12(11(10)2)3-6-17-7-4-16-5-8-17/h9,16,18H,3-8H2,1-2H3. The van der Waals surface area contributed by atoms with Crippen LogP contribution in [0.4, 0.5) is 0 Å². The van der Waals surface area contributed by atoms with Crippen molar-refractivity contribution in [2.24, 2.45) is 0 Å². The number of benzene rings is 1. The Morgan fingerprint density at radius 2 is 2.00 bits per heavy atom. The molecular weight excluding hydrogens is 248 g/mol. The number of halogens is 1. The summed E-state index contributed by atoms with van der Waals surface area (Å²) in [7, 11) is 0. The first-order valence-electron chi connectivity index (χ1n) is 6.50. The fourth-order valence-electron chi connectivity index (χ4n) is 2.44. The van der Waals surface area contributed by atoms with E-state index < -0.39 is 0 Å². The Hall–Kier alpha value is -0.770. The van der Waals surface area contributed by atoms with E-state index in [4.69, 9.17) is 11.6 Å². The highest BCUT2D eigenvalue weighted by Crippen LogP contribution is 2.32. The molecule has 0 unspecified atom stereocenters. The van der Waals surface area contributed by atoms with E-state index in [1.165, 1.54) is 0 Å². The summed E-state index contributed by atoms with van der Waals surface area (Å²) in [5, 5.41) is 13.9. The zero-order valence-electron chi connectivity index (χ0n) is 11.1. The molecule has 100 valence electrons. The number of phenols is 1. The summed E-state index contributed by atoms with van der Waals surface area (Å²) in [6.07, 6.45) is 0.860. The number of aryl methyl sites for hydroxylation is 1. The van der Waals surface area contributed by atoms with Crippen LogP contribution in [0.1, 0.15) is 16.7 Å². The van der Waals surface area contributed by atoms with Crippen molar-refractivity contribution < 1.29 is 5.11 Å². The van der Waals surface area contributed by atoms with Crippen molar-refractivity contribution in [3.8, 4) is 5.75 Å². The fraction of sp³-hybridized carbons (Fsp3) is 0.571. The van der Waals surface area contributed by atoms with Gasteiger partial charge in [0.15, 0.2) is 0 Å². The van der Waals surface area contributed by atoms with Crippen LogP contribution in [0.25, 0.3) is 0 Å². The summed E-state index contributed by atoms with van der Waals surface area (Å²) in [6, 6.07) is 1.83. The van der Waals surface area contributed by atoms with Gasteiger partial charge in [-0.05, 0) is 43.0 Å². The lowest BCUT2D eigenvalue weighted by Crippen LogP contribution is -2.44. The quantitative estimate of drug-likeness (QED) is 0.881. The van der Waals surface area contributed by atoms with E-state index in [2.05, 4.69) is 17.1 Å². The molecule has 0 spiro atoms. The summed E-state index contributed by atoms with van der Waals surface area (Å²) < 4.78 is 0. The lowest BCUT2D eigenvalue weighted by molar-refractivity contribution is 0.243. The molecule has 2 N–H and O–H groups in total. The Balaban J connectivity index is 2.08. The number of rotatable bonds is 3. The molecule has 0 bridgehead atoms. The van der Waals surface area contributed by atoms with Gasteiger partial charge in [-0.25, -0.2) is 0 Å². The van der Waals surface area contributed by atoms with Crippen molar-refractivity contribution >= 4 is 11.6 Å². The van der Waals surface area contributed by atoms with Gasteiger partial charge in [-0.3, -0.25) is 0 Å². The number of phenolic OH excluding ortho intramolecular Hbond substituents is 1. The van der Waals surface area contributed by atoms with Crippen molar-refractivity contribution in [1.82, 2.24) is 10.2 Å². The third kappa shape index (κ3) is 2.97. The van der Waals surface area contributed by atoms with Crippen molar-refractivity contribution in [2.75, 3.05) is 32.7 Å². The predicted molar refractivity (Wildman–Crippen MR) is 75.6 cm³/mol. The molecule has 1 heterocycles. The van der Waals surface area contributed by atoms with Gasteiger partial charge in [0.05, 0.1) is 5.02 Å². The van der Waals surface area contributed by atoms with E-state index in [9.17, 15) is 5.11 Å². The monoisotopic (exact) mass is 268 g/mol. The van der Waals surface area contributed by atoms with Crippen molar-refractivity contribution in [3.05, 3.63) is 27.8 Å². The summed E-state index contributed by atoms with van der Waals surface area (Å²) in [6.45, 7) is 9.35. The van der Waals surface area contributed by atoms with E-state index in [1.54, 1.807) is 0 Å². The van der Waals surface area contributed by atoms with Crippen LogP contribution in [-0.2, 0) is 6.42 Å². The summed E-state index contributed by atoms with van der Waals surface area (Å²) >= 11 is 6.04. The third-order valence-corrected chi connectivity index (χ3v) is 4.08. The second-order valence-electron chi connectivity index (χ2n) is 4.97. The van der Waals surface area contributed by atoms with Gasteiger partial charge < -0.3 is 15.3 Å². The minimum Gasteiger partial charge on any atom is -0.506 e. The van der Waals surface area contributed by atoms with Gasteiger partial charge in [-0.15, -0.1) is 0 Å². The molecule has 1 aliphatic rings. The molecular formula is C14H21ClN2O. The van der Waals surface area contributed by atoms with Crippen LogP contribution in [0.15, 0.2) is 6.07 Å². The van der Waals surface area contributed by atoms with Gasteiger partial charge in [0.25, 0.3) is 0 Å². The van der Waals surface area contributed by atoms with Crippen molar-refractivity contribution in [1.29, 1.82) is 0 Å². The Morgan fingerprint density at radius 3 is 2.67 bits per heavy atom. The highest BCUT2D eigenvalue weighted by molar-refractivity contribution is 6.32. The summed E-state index contributed by atoms with van der Waals surface area (Å²) in [4.78, 5) is 2.42. The van der Waals surface area contributed by atoms with Crippen LogP contribution in [0.2, 0.25) is 5.02 Å². The molecule has 4 heteroatoms. The lowest BCUT2D eigenvalue weighted by Gasteiger charge is -2.27. The Kier molecular flexibility index (Phi) is 4.49. The molecule has 0 saturated carbocycles. The maximum Gasteiger partial charge on any atom is 0.137 e. The highest BCUT2D eigenvalue weighted by Gasteiger charge is 2.14. The van der Waals surface area contributed by atoms with Crippen LogP contribution in [-0.4, -0.2) is 42.7 Å². The number of piperazine rings is 1. The Bertz CT molecular complexity index is 402. The molecule has 1 aliphatic heterocycles. The fourth-order valence-corrected chi connectivity index (χ4v) is 2.71. The minimum absolute atomic E-state index is 0.259.